The molecule has 9 nitrogen and oxygen atoms in total. The number of hydrogen-bond acceptors (Lipinski definition) is 7. The van der Waals surface area contributed by atoms with Crippen LogP contribution in [0, 0.1) is 17.0 Å². The Morgan fingerprint density at radius 2 is 1.26 bits per heavy atom. The number of nitrogens with zero attached hydrogens (tertiary/aromatic N) is 2. The molecule has 0 atom stereocenters. The first kappa shape index (κ1) is 41.4. The van der Waals surface area contributed by atoms with E-state index in [1.807, 2.05) is 0 Å². The number of likely N-dealkylation sites (tertiary alicyclic amines) is 2. The van der Waals surface area contributed by atoms with Crippen LogP contribution in [0.3, 0.4) is 0 Å². The quantitative estimate of drug-likeness (QED) is 0.202. The van der Waals surface area contributed by atoms with E-state index in [2.05, 4.69) is 15.1 Å². The van der Waals surface area contributed by atoms with Crippen molar-refractivity contribution in [2.75, 3.05) is 63.7 Å². The largest absolute Gasteiger partial charge is 0.490 e. The van der Waals surface area contributed by atoms with Gasteiger partial charge in [0.25, 0.3) is 5.97 Å². The summed E-state index contributed by atoms with van der Waals surface area (Å²) < 4.78 is 63.4. The van der Waals surface area contributed by atoms with Gasteiger partial charge in [0.1, 0.15) is 48.7 Å². The number of aliphatic carboxylic acids is 1. The molecule has 0 aromatic heterocycles. The van der Waals surface area contributed by atoms with Crippen molar-refractivity contribution in [2.45, 2.75) is 73.0 Å². The SMILES string of the molecule is C.CC(=O)O.CC(C)(C)C(=O)Nc1ccc(OC2CCN(CCF)CC2)cc1F.Nc1ccc(OC2CCN(CCF)CC2)cc1F. The van der Waals surface area contributed by atoms with Crippen LogP contribution in [0.2, 0.25) is 0 Å². The second-order valence-corrected chi connectivity index (χ2v) is 12.2. The molecular weight excluding hydrogens is 620 g/mol. The zero-order valence-electron chi connectivity index (χ0n) is 27.2. The molecule has 4 rings (SSSR count). The minimum Gasteiger partial charge on any atom is -0.490 e. The van der Waals surface area contributed by atoms with Gasteiger partial charge in [-0.1, -0.05) is 28.2 Å². The van der Waals surface area contributed by atoms with Gasteiger partial charge in [0.05, 0.1) is 11.4 Å². The number of carbonyl (C=O) groups excluding carboxylic acids is 1. The van der Waals surface area contributed by atoms with E-state index in [0.717, 1.165) is 58.8 Å². The van der Waals surface area contributed by atoms with E-state index >= 15 is 0 Å². The number of halogens is 4. The fraction of sp³-hybridized carbons (Fsp3) is 0.588. The van der Waals surface area contributed by atoms with E-state index in [1.165, 1.54) is 24.3 Å². The molecule has 0 radical (unpaired) electrons. The summed E-state index contributed by atoms with van der Waals surface area (Å²) in [6.07, 6.45) is 3.35. The van der Waals surface area contributed by atoms with Gasteiger partial charge in [-0.15, -0.1) is 0 Å². The molecule has 1 amide bonds. The number of nitrogens with two attached hydrogens (primary N) is 1. The van der Waals surface area contributed by atoms with Gasteiger partial charge >= 0.3 is 0 Å². The molecule has 4 N–H and O–H groups in total. The van der Waals surface area contributed by atoms with Crippen LogP contribution in [0.15, 0.2) is 36.4 Å². The first-order valence-corrected chi connectivity index (χ1v) is 15.5. The normalized spacial score (nSPS) is 16.0. The number of nitrogen functional groups attached to an aromatic ring is 1. The molecule has 0 saturated carbocycles. The first-order chi connectivity index (χ1) is 21.7. The second kappa shape index (κ2) is 20.6. The smallest absolute Gasteiger partial charge is 0.300 e. The molecule has 2 aromatic carbocycles. The van der Waals surface area contributed by atoms with Crippen molar-refractivity contribution in [1.82, 2.24) is 9.80 Å². The summed E-state index contributed by atoms with van der Waals surface area (Å²) in [5.41, 5.74) is 5.09. The number of rotatable bonds is 9. The van der Waals surface area contributed by atoms with Crippen LogP contribution >= 0.6 is 0 Å². The van der Waals surface area contributed by atoms with E-state index in [4.69, 9.17) is 25.1 Å². The van der Waals surface area contributed by atoms with E-state index in [-0.39, 0.29) is 50.3 Å². The molecule has 2 heterocycles. The van der Waals surface area contributed by atoms with E-state index in [9.17, 15) is 22.4 Å². The second-order valence-electron chi connectivity index (χ2n) is 12.2. The molecule has 13 heteroatoms. The lowest BCUT2D eigenvalue weighted by Crippen LogP contribution is -2.39. The predicted molar refractivity (Wildman–Crippen MR) is 177 cm³/mol. The molecule has 266 valence electrons. The molecule has 2 aromatic rings. The number of piperidine rings is 2. The molecule has 2 fully saturated rings. The number of anilines is 2. The Bertz CT molecular complexity index is 1230. The fourth-order valence-corrected chi connectivity index (χ4v) is 4.69. The number of hydrogen-bond donors (Lipinski definition) is 3. The van der Waals surface area contributed by atoms with E-state index in [1.54, 1.807) is 32.9 Å². The topological polar surface area (TPSA) is 117 Å². The third kappa shape index (κ3) is 15.7. The van der Waals surface area contributed by atoms with Crippen molar-refractivity contribution in [3.05, 3.63) is 48.0 Å². The van der Waals surface area contributed by atoms with E-state index < -0.39 is 23.0 Å². The lowest BCUT2D eigenvalue weighted by atomic mass is 9.95. The zero-order chi connectivity index (χ0) is 34.3. The molecule has 0 aliphatic carbocycles. The highest BCUT2D eigenvalue weighted by Crippen LogP contribution is 2.26. The Morgan fingerprint density at radius 1 is 0.851 bits per heavy atom. The molecule has 47 heavy (non-hydrogen) atoms. The molecule has 0 spiro atoms. The number of carboxylic acid groups (broad SMARTS) is 1. The van der Waals surface area contributed by atoms with Crippen LogP contribution in [0.1, 0.15) is 60.8 Å². The third-order valence-electron chi connectivity index (χ3n) is 7.32. The number of alkyl halides is 2. The lowest BCUT2D eigenvalue weighted by Gasteiger charge is -2.31. The molecule has 0 unspecified atom stereocenters. The monoisotopic (exact) mass is 672 g/mol. The van der Waals surface area contributed by atoms with Gasteiger partial charge in [0.15, 0.2) is 0 Å². The number of nitrogens with one attached hydrogen (secondary N) is 1. The molecule has 0 bridgehead atoms. The van der Waals surface area contributed by atoms with Gasteiger partial charge in [-0.3, -0.25) is 9.59 Å². The van der Waals surface area contributed by atoms with Gasteiger partial charge in [0.2, 0.25) is 5.91 Å². The van der Waals surface area contributed by atoms with Crippen molar-refractivity contribution in [1.29, 1.82) is 0 Å². The number of carbonyl (C=O) groups is 2. The van der Waals surface area contributed by atoms with Gasteiger partial charge in [0, 0.05) is 63.7 Å². The molecular formula is C34H52F4N4O5. The molecule has 2 aliphatic heterocycles. The fourth-order valence-electron chi connectivity index (χ4n) is 4.69. The average Bonchev–Trinajstić information content (AvgIpc) is 2.98. The summed E-state index contributed by atoms with van der Waals surface area (Å²) in [5.74, 6) is -1.09. The zero-order valence-corrected chi connectivity index (χ0v) is 27.2. The summed E-state index contributed by atoms with van der Waals surface area (Å²) in [5, 5.41) is 10.0. The molecule has 2 aliphatic rings. The maximum absolute atomic E-state index is 14.2. The van der Waals surface area contributed by atoms with Crippen molar-refractivity contribution in [3.63, 3.8) is 0 Å². The third-order valence-corrected chi connectivity index (χ3v) is 7.32. The van der Waals surface area contributed by atoms with Gasteiger partial charge in [-0.2, -0.15) is 0 Å². The van der Waals surface area contributed by atoms with Crippen LogP contribution < -0.4 is 20.5 Å². The van der Waals surface area contributed by atoms with Crippen molar-refractivity contribution in [3.8, 4) is 11.5 Å². The summed E-state index contributed by atoms with van der Waals surface area (Å²) in [6.45, 7) is 9.93. The van der Waals surface area contributed by atoms with Gasteiger partial charge in [-0.05, 0) is 49.9 Å². The average molecular weight is 673 g/mol. The number of benzene rings is 2. The van der Waals surface area contributed by atoms with Crippen molar-refractivity contribution >= 4 is 23.3 Å². The number of ether oxygens (including phenoxy) is 2. The summed E-state index contributed by atoms with van der Waals surface area (Å²) >= 11 is 0. The Balaban J connectivity index is 0.000000426. The molecule has 2 saturated heterocycles. The predicted octanol–water partition coefficient (Wildman–Crippen LogP) is 6.57. The van der Waals surface area contributed by atoms with E-state index in [0.29, 0.717) is 24.6 Å². The Labute approximate surface area is 276 Å². The lowest BCUT2D eigenvalue weighted by molar-refractivity contribution is -0.134. The summed E-state index contributed by atoms with van der Waals surface area (Å²) in [6, 6.07) is 8.96. The van der Waals surface area contributed by atoms with Crippen LogP contribution in [0.5, 0.6) is 11.5 Å². The first-order valence-electron chi connectivity index (χ1n) is 15.5. The van der Waals surface area contributed by atoms with Crippen molar-refractivity contribution in [2.24, 2.45) is 5.41 Å². The number of amides is 1. The maximum atomic E-state index is 14.2. The Hall–Kier alpha value is -3.58. The highest BCUT2D eigenvalue weighted by molar-refractivity contribution is 5.94. The highest BCUT2D eigenvalue weighted by Gasteiger charge is 2.24. The van der Waals surface area contributed by atoms with Crippen LogP contribution in [0.4, 0.5) is 28.9 Å². The Kier molecular flexibility index (Phi) is 18.2. The van der Waals surface area contributed by atoms with Crippen molar-refractivity contribution < 1.29 is 41.7 Å². The Morgan fingerprint density at radius 3 is 1.62 bits per heavy atom. The maximum Gasteiger partial charge on any atom is 0.300 e. The van der Waals surface area contributed by atoms with Gasteiger partial charge in [-0.25, -0.2) is 17.6 Å². The van der Waals surface area contributed by atoms with Crippen LogP contribution in [-0.4, -0.2) is 91.6 Å². The minimum absolute atomic E-state index is 0. The number of carboxylic acids is 1. The van der Waals surface area contributed by atoms with Crippen LogP contribution in [0.25, 0.3) is 0 Å². The highest BCUT2D eigenvalue weighted by atomic mass is 19.1. The summed E-state index contributed by atoms with van der Waals surface area (Å²) in [4.78, 5) is 25.1. The van der Waals surface area contributed by atoms with Gasteiger partial charge < -0.3 is 35.4 Å². The minimum atomic E-state index is -0.833. The summed E-state index contributed by atoms with van der Waals surface area (Å²) in [7, 11) is 0. The standard InChI is InChI=1S/C18H26F2N2O2.C13H18F2N2O.C2H4O2.CH4/c1-18(2,3)17(23)21-16-5-4-14(12-15(16)20)24-13-6-9-22(10-7-13)11-8-19;14-5-8-17-6-3-10(4-7-17)18-11-1-2-13(16)12(15)9-11;1-2(3)4;/h4-5,12-13H,6-11H2,1-3H3,(H,21,23);1-2,9-10H,3-8,16H2;1H3,(H,3,4);1H4. The van der Waals surface area contributed by atoms with Crippen LogP contribution in [-0.2, 0) is 9.59 Å².